The van der Waals surface area contributed by atoms with Gasteiger partial charge in [0.25, 0.3) is 5.91 Å². The summed E-state index contributed by atoms with van der Waals surface area (Å²) < 4.78 is 51.5. The minimum Gasteiger partial charge on any atom is -0.490 e. The number of hydrogen-bond donors (Lipinski definition) is 4. The number of anilines is 2. The minimum atomic E-state index is -4.50. The number of halogens is 3. The van der Waals surface area contributed by atoms with E-state index in [0.717, 1.165) is 62.8 Å². The third kappa shape index (κ3) is 11.7. The van der Waals surface area contributed by atoms with Crippen molar-refractivity contribution in [2.75, 3.05) is 44.0 Å². The van der Waals surface area contributed by atoms with E-state index in [9.17, 15) is 32.7 Å². The molecule has 4 N–H and O–H groups in total. The van der Waals surface area contributed by atoms with Crippen LogP contribution in [0, 0.1) is 5.92 Å². The van der Waals surface area contributed by atoms with Crippen molar-refractivity contribution in [2.45, 2.75) is 103 Å². The van der Waals surface area contributed by atoms with Gasteiger partial charge in [-0.25, -0.2) is 9.59 Å². The van der Waals surface area contributed by atoms with Crippen LogP contribution in [0.1, 0.15) is 88.1 Å². The molecule has 0 radical (unpaired) electrons. The highest BCUT2D eigenvalue weighted by Crippen LogP contribution is 2.31. The summed E-state index contributed by atoms with van der Waals surface area (Å²) in [6.45, 7) is 6.27. The fourth-order valence-electron chi connectivity index (χ4n) is 6.38. The lowest BCUT2D eigenvalue weighted by Crippen LogP contribution is -2.50. The van der Waals surface area contributed by atoms with Crippen molar-refractivity contribution >= 4 is 29.3 Å². The Hall–Kier alpha value is -4.04. The SMILES string of the molecule is C[C@H]1CCCCO[C@@H](CN(C)C(=O)NC2CCCCC2)[C@@H](C)CN([C@@H](C)CO)C(=O)c2cc(NC(=O)Nc3ccc(C(F)(F)F)cc3)ccc2O1. The second kappa shape index (κ2) is 18.5. The van der Waals surface area contributed by atoms with Crippen LogP contribution in [0.5, 0.6) is 5.75 Å². The highest BCUT2D eigenvalue weighted by Gasteiger charge is 2.32. The summed E-state index contributed by atoms with van der Waals surface area (Å²) in [6.07, 6.45) is 2.44. The quantitative estimate of drug-likeness (QED) is 0.241. The van der Waals surface area contributed by atoms with Gasteiger partial charge in [-0.3, -0.25) is 4.79 Å². The number of urea groups is 2. The number of nitrogens with zero attached hydrogens (tertiary/aromatic N) is 2. The lowest BCUT2D eigenvalue weighted by molar-refractivity contribution is -0.137. The number of amides is 5. The molecule has 1 heterocycles. The summed E-state index contributed by atoms with van der Waals surface area (Å²) in [5.74, 6) is -0.362. The van der Waals surface area contributed by atoms with Crippen LogP contribution in [0.25, 0.3) is 0 Å². The van der Waals surface area contributed by atoms with E-state index in [0.29, 0.717) is 25.3 Å². The molecular formula is C37H52F3N5O6. The maximum absolute atomic E-state index is 14.4. The molecule has 0 spiro atoms. The first-order valence-electron chi connectivity index (χ1n) is 17.9. The zero-order valence-electron chi connectivity index (χ0n) is 29.9. The largest absolute Gasteiger partial charge is 0.490 e. The highest BCUT2D eigenvalue weighted by molar-refractivity contribution is 6.02. The van der Waals surface area contributed by atoms with Crippen molar-refractivity contribution in [1.82, 2.24) is 15.1 Å². The van der Waals surface area contributed by atoms with E-state index in [1.54, 1.807) is 35.9 Å². The number of aliphatic hydroxyl groups is 1. The third-order valence-electron chi connectivity index (χ3n) is 9.51. The molecule has 14 heteroatoms. The number of likely N-dealkylation sites (N-methyl/N-ethyl adjacent to an activating group) is 1. The van der Waals surface area contributed by atoms with Crippen molar-refractivity contribution in [3.05, 3.63) is 53.6 Å². The van der Waals surface area contributed by atoms with Crippen LogP contribution in [0.15, 0.2) is 42.5 Å². The van der Waals surface area contributed by atoms with Crippen LogP contribution in [-0.2, 0) is 10.9 Å². The van der Waals surface area contributed by atoms with Gasteiger partial charge in [0.05, 0.1) is 36.0 Å². The first kappa shape index (κ1) is 39.7. The number of carbonyl (C=O) groups excluding carboxylic acids is 3. The maximum atomic E-state index is 14.4. The van der Waals surface area contributed by atoms with Gasteiger partial charge in [-0.15, -0.1) is 0 Å². The smallest absolute Gasteiger partial charge is 0.416 e. The van der Waals surface area contributed by atoms with Crippen LogP contribution in [0.3, 0.4) is 0 Å². The number of nitrogens with one attached hydrogen (secondary N) is 3. The van der Waals surface area contributed by atoms with Gasteiger partial charge in [0.1, 0.15) is 5.75 Å². The molecule has 1 saturated carbocycles. The number of aliphatic hydroxyl groups excluding tert-OH is 1. The third-order valence-corrected chi connectivity index (χ3v) is 9.51. The molecule has 2 aromatic carbocycles. The van der Waals surface area contributed by atoms with Crippen molar-refractivity contribution in [3.8, 4) is 5.75 Å². The van der Waals surface area contributed by atoms with Gasteiger partial charge in [0.15, 0.2) is 0 Å². The van der Waals surface area contributed by atoms with Gasteiger partial charge in [0.2, 0.25) is 0 Å². The van der Waals surface area contributed by atoms with Gasteiger partial charge < -0.3 is 40.3 Å². The second-order valence-corrected chi connectivity index (χ2v) is 13.8. The summed E-state index contributed by atoms with van der Waals surface area (Å²) in [4.78, 5) is 43.5. The van der Waals surface area contributed by atoms with E-state index >= 15 is 0 Å². The molecule has 2 aliphatic rings. The van der Waals surface area contributed by atoms with E-state index < -0.39 is 35.8 Å². The first-order chi connectivity index (χ1) is 24.2. The Morgan fingerprint density at radius 2 is 1.63 bits per heavy atom. The molecule has 2 aromatic rings. The second-order valence-electron chi connectivity index (χ2n) is 13.8. The zero-order chi connectivity index (χ0) is 37.1. The molecular weight excluding hydrogens is 667 g/mol. The zero-order valence-corrected chi connectivity index (χ0v) is 29.9. The summed E-state index contributed by atoms with van der Waals surface area (Å²) in [6, 6.07) is 7.40. The molecule has 0 unspecified atom stereocenters. The van der Waals surface area contributed by atoms with Crippen LogP contribution in [-0.4, -0.2) is 90.5 Å². The molecule has 11 nitrogen and oxygen atoms in total. The maximum Gasteiger partial charge on any atom is 0.416 e. The average Bonchev–Trinajstić information content (AvgIpc) is 3.09. The fourth-order valence-corrected chi connectivity index (χ4v) is 6.38. The van der Waals surface area contributed by atoms with Crippen molar-refractivity contribution in [1.29, 1.82) is 0 Å². The average molecular weight is 720 g/mol. The Kier molecular flexibility index (Phi) is 14.4. The van der Waals surface area contributed by atoms with Crippen LogP contribution >= 0.6 is 0 Å². The lowest BCUT2D eigenvalue weighted by atomic mass is 9.96. The number of ether oxygens (including phenoxy) is 2. The molecule has 1 fully saturated rings. The highest BCUT2D eigenvalue weighted by atomic mass is 19.4. The topological polar surface area (TPSA) is 132 Å². The summed E-state index contributed by atoms with van der Waals surface area (Å²) >= 11 is 0. The van der Waals surface area contributed by atoms with Gasteiger partial charge in [-0.2, -0.15) is 13.2 Å². The molecule has 0 saturated heterocycles. The molecule has 1 aliphatic carbocycles. The monoisotopic (exact) mass is 719 g/mol. The van der Waals surface area contributed by atoms with Gasteiger partial charge in [-0.1, -0.05) is 26.2 Å². The minimum absolute atomic E-state index is 0.151. The van der Waals surface area contributed by atoms with E-state index in [1.807, 2.05) is 13.8 Å². The van der Waals surface area contributed by atoms with Gasteiger partial charge >= 0.3 is 18.2 Å². The number of fused-ring (bicyclic) bond motifs is 1. The Bertz CT molecular complexity index is 1450. The Labute approximate surface area is 298 Å². The normalized spacial score (nSPS) is 21.8. The standard InChI is InChI=1S/C37H52F3N5O6/c1-24-21-45(25(2)23-46)34(47)31-20-30(42-35(48)41-29-15-13-27(14-16-29)37(38,39)40)17-18-32(31)51-26(3)10-8-9-19-50-33(24)22-44(4)36(49)43-28-11-6-5-7-12-28/h13-18,20,24-26,28,33,46H,5-12,19,21-23H2,1-4H3,(H,43,49)(H2,41,42,48)/t24-,25-,26-,33-/m0/s1. The predicted octanol–water partition coefficient (Wildman–Crippen LogP) is 7.12. The number of benzene rings is 2. The number of hydrogen-bond acceptors (Lipinski definition) is 6. The van der Waals surface area contributed by atoms with E-state index in [4.69, 9.17) is 9.47 Å². The number of rotatable bonds is 7. The summed E-state index contributed by atoms with van der Waals surface area (Å²) in [7, 11) is 1.75. The van der Waals surface area contributed by atoms with Gasteiger partial charge in [0, 0.05) is 50.1 Å². The molecule has 4 rings (SSSR count). The lowest BCUT2D eigenvalue weighted by Gasteiger charge is -2.36. The van der Waals surface area contributed by atoms with Crippen LogP contribution < -0.4 is 20.7 Å². The van der Waals surface area contributed by atoms with E-state index in [2.05, 4.69) is 16.0 Å². The Balaban J connectivity index is 1.55. The molecule has 0 bridgehead atoms. The van der Waals surface area contributed by atoms with Crippen molar-refractivity contribution in [3.63, 3.8) is 0 Å². The number of alkyl halides is 3. The molecule has 5 amide bonds. The summed E-state index contributed by atoms with van der Waals surface area (Å²) in [5, 5.41) is 18.5. The fraction of sp³-hybridized carbons (Fsp3) is 0.595. The molecule has 0 aromatic heterocycles. The van der Waals surface area contributed by atoms with Crippen LogP contribution in [0.2, 0.25) is 0 Å². The predicted molar refractivity (Wildman–Crippen MR) is 189 cm³/mol. The van der Waals surface area contributed by atoms with Crippen molar-refractivity contribution in [2.24, 2.45) is 5.92 Å². The van der Waals surface area contributed by atoms with E-state index in [-0.39, 0.29) is 54.2 Å². The first-order valence-corrected chi connectivity index (χ1v) is 17.9. The Morgan fingerprint density at radius 1 is 0.980 bits per heavy atom. The van der Waals surface area contributed by atoms with E-state index in [1.165, 1.54) is 12.5 Å². The van der Waals surface area contributed by atoms with Gasteiger partial charge in [-0.05, 0) is 88.4 Å². The Morgan fingerprint density at radius 3 is 2.29 bits per heavy atom. The molecule has 4 atom stereocenters. The molecule has 1 aliphatic heterocycles. The number of carbonyl (C=O) groups is 3. The molecule has 51 heavy (non-hydrogen) atoms. The van der Waals surface area contributed by atoms with Crippen molar-refractivity contribution < 1.29 is 42.1 Å². The summed E-state index contributed by atoms with van der Waals surface area (Å²) in [5.41, 5.74) is -0.271. The molecule has 282 valence electrons. The van der Waals surface area contributed by atoms with Crippen LogP contribution in [0.4, 0.5) is 34.1 Å².